The molecule has 3 aromatic rings. The molecule has 0 saturated carbocycles. The highest BCUT2D eigenvalue weighted by molar-refractivity contribution is 7.13. The highest BCUT2D eigenvalue weighted by Gasteiger charge is 2.30. The molecule has 2 unspecified atom stereocenters. The largest absolute Gasteiger partial charge is 0.416 e. The standard InChI is InChI=1S/C24H23F3N4OS/c1-14-11-17(22-21(29-15(2)33-22)16-7-9-28-10-8-16)13-20(12-14)31-23(32)30-19-5-3-18(4-6-19)24(25,26)27/h3-10,12-14,23,30-32H,11H2,1-2H3. The van der Waals surface area contributed by atoms with Gasteiger partial charge in [-0.05, 0) is 67.3 Å². The van der Waals surface area contributed by atoms with Gasteiger partial charge in [0.15, 0.2) is 0 Å². The van der Waals surface area contributed by atoms with Crippen LogP contribution in [0.4, 0.5) is 18.9 Å². The number of aliphatic hydroxyl groups is 1. The van der Waals surface area contributed by atoms with E-state index in [0.717, 1.165) is 51.0 Å². The molecule has 0 aliphatic heterocycles. The molecule has 2 aromatic heterocycles. The molecule has 3 N–H and O–H groups in total. The van der Waals surface area contributed by atoms with Gasteiger partial charge in [-0.15, -0.1) is 11.3 Å². The first-order chi connectivity index (χ1) is 15.7. The fraction of sp³-hybridized carbons (Fsp3) is 0.250. The Hall–Kier alpha value is -3.17. The second-order valence-corrected chi connectivity index (χ2v) is 9.09. The van der Waals surface area contributed by atoms with Crippen LogP contribution >= 0.6 is 11.3 Å². The van der Waals surface area contributed by atoms with E-state index in [2.05, 4.69) is 22.5 Å². The van der Waals surface area contributed by atoms with Gasteiger partial charge in [0, 0.05) is 29.3 Å². The Morgan fingerprint density at radius 3 is 2.45 bits per heavy atom. The second kappa shape index (κ2) is 9.36. The molecular formula is C24H23F3N4OS. The van der Waals surface area contributed by atoms with Crippen molar-refractivity contribution in [2.75, 3.05) is 5.32 Å². The molecule has 4 rings (SSSR count). The summed E-state index contributed by atoms with van der Waals surface area (Å²) in [5.41, 5.74) is 3.36. The number of aromatic nitrogens is 2. The normalized spacial score (nSPS) is 17.2. The first-order valence-corrected chi connectivity index (χ1v) is 11.2. The molecule has 1 aliphatic carbocycles. The zero-order valence-electron chi connectivity index (χ0n) is 18.0. The monoisotopic (exact) mass is 472 g/mol. The number of rotatable bonds is 6. The maximum Gasteiger partial charge on any atom is 0.416 e. The van der Waals surface area contributed by atoms with Gasteiger partial charge in [-0.3, -0.25) is 4.98 Å². The summed E-state index contributed by atoms with van der Waals surface area (Å²) in [6.45, 7) is 4.06. The van der Waals surface area contributed by atoms with Gasteiger partial charge in [-0.1, -0.05) is 13.0 Å². The summed E-state index contributed by atoms with van der Waals surface area (Å²) in [5, 5.41) is 17.1. The van der Waals surface area contributed by atoms with Crippen molar-refractivity contribution in [1.29, 1.82) is 0 Å². The Morgan fingerprint density at radius 1 is 1.09 bits per heavy atom. The van der Waals surface area contributed by atoms with Crippen LogP contribution in [0.2, 0.25) is 0 Å². The summed E-state index contributed by atoms with van der Waals surface area (Å²) in [7, 11) is 0. The number of allylic oxidation sites excluding steroid dienone is 3. The van der Waals surface area contributed by atoms with Gasteiger partial charge in [0.25, 0.3) is 0 Å². The van der Waals surface area contributed by atoms with Crippen molar-refractivity contribution in [3.63, 3.8) is 0 Å². The summed E-state index contributed by atoms with van der Waals surface area (Å²) in [6, 6.07) is 8.38. The van der Waals surface area contributed by atoms with Crippen LogP contribution in [-0.4, -0.2) is 21.4 Å². The van der Waals surface area contributed by atoms with Crippen LogP contribution in [0, 0.1) is 12.8 Å². The van der Waals surface area contributed by atoms with E-state index in [1.54, 1.807) is 23.7 Å². The molecule has 0 saturated heterocycles. The lowest BCUT2D eigenvalue weighted by Crippen LogP contribution is -2.35. The second-order valence-electron chi connectivity index (χ2n) is 7.89. The average Bonchev–Trinajstić information content (AvgIpc) is 3.15. The fourth-order valence-electron chi connectivity index (χ4n) is 3.71. The first kappa shape index (κ1) is 23.0. The van der Waals surface area contributed by atoms with Gasteiger partial charge >= 0.3 is 6.18 Å². The molecule has 2 heterocycles. The molecule has 172 valence electrons. The van der Waals surface area contributed by atoms with E-state index in [-0.39, 0.29) is 5.92 Å². The molecule has 0 radical (unpaired) electrons. The molecule has 0 fully saturated rings. The average molecular weight is 473 g/mol. The summed E-state index contributed by atoms with van der Waals surface area (Å²) in [6.07, 6.45) is 2.72. The highest BCUT2D eigenvalue weighted by atomic mass is 32.1. The zero-order chi connectivity index (χ0) is 23.6. The number of alkyl halides is 3. The molecule has 33 heavy (non-hydrogen) atoms. The third-order valence-electron chi connectivity index (χ3n) is 5.13. The number of nitrogens with one attached hydrogen (secondary N) is 2. The minimum absolute atomic E-state index is 0.221. The van der Waals surface area contributed by atoms with Gasteiger partial charge in [0.05, 0.1) is 21.1 Å². The number of hydrogen-bond acceptors (Lipinski definition) is 6. The minimum Gasteiger partial charge on any atom is -0.357 e. The Balaban J connectivity index is 1.51. The number of halogens is 3. The lowest BCUT2D eigenvalue weighted by molar-refractivity contribution is -0.137. The van der Waals surface area contributed by atoms with E-state index >= 15 is 0 Å². The quantitative estimate of drug-likeness (QED) is 0.395. The van der Waals surface area contributed by atoms with Crippen molar-refractivity contribution in [3.8, 4) is 11.3 Å². The maximum absolute atomic E-state index is 12.7. The van der Waals surface area contributed by atoms with Gasteiger partial charge in [-0.25, -0.2) is 4.98 Å². The molecule has 1 aliphatic rings. The lowest BCUT2D eigenvalue weighted by atomic mass is 9.92. The fourth-order valence-corrected chi connectivity index (χ4v) is 4.68. The third kappa shape index (κ3) is 5.61. The Morgan fingerprint density at radius 2 is 1.79 bits per heavy atom. The van der Waals surface area contributed by atoms with Crippen LogP contribution in [0.1, 0.15) is 28.8 Å². The van der Waals surface area contributed by atoms with E-state index in [4.69, 9.17) is 4.98 Å². The lowest BCUT2D eigenvalue weighted by Gasteiger charge is -2.23. The Kier molecular flexibility index (Phi) is 6.53. The number of hydrogen-bond donors (Lipinski definition) is 3. The van der Waals surface area contributed by atoms with E-state index in [1.165, 1.54) is 12.1 Å². The van der Waals surface area contributed by atoms with Crippen molar-refractivity contribution in [2.45, 2.75) is 32.8 Å². The number of nitrogens with zero attached hydrogens (tertiary/aromatic N) is 2. The third-order valence-corrected chi connectivity index (χ3v) is 6.18. The summed E-state index contributed by atoms with van der Waals surface area (Å²) >= 11 is 1.62. The first-order valence-electron chi connectivity index (χ1n) is 10.4. The van der Waals surface area contributed by atoms with Gasteiger partial charge in [-0.2, -0.15) is 13.2 Å². The minimum atomic E-state index is -4.40. The number of aliphatic hydroxyl groups excluding tert-OH is 1. The van der Waals surface area contributed by atoms with E-state index in [0.29, 0.717) is 5.69 Å². The summed E-state index contributed by atoms with van der Waals surface area (Å²) in [5.74, 6) is 0.221. The molecule has 1 aromatic carbocycles. The molecule has 0 spiro atoms. The van der Waals surface area contributed by atoms with Gasteiger partial charge in [0.2, 0.25) is 6.35 Å². The predicted octanol–water partition coefficient (Wildman–Crippen LogP) is 5.82. The van der Waals surface area contributed by atoms with Gasteiger partial charge in [0.1, 0.15) is 0 Å². The highest BCUT2D eigenvalue weighted by Crippen LogP contribution is 2.38. The van der Waals surface area contributed by atoms with Crippen molar-refractivity contribution in [2.24, 2.45) is 5.92 Å². The van der Waals surface area contributed by atoms with E-state index in [1.807, 2.05) is 31.2 Å². The number of anilines is 1. The molecule has 5 nitrogen and oxygen atoms in total. The van der Waals surface area contributed by atoms with Crippen molar-refractivity contribution in [1.82, 2.24) is 15.3 Å². The zero-order valence-corrected chi connectivity index (χ0v) is 18.8. The van der Waals surface area contributed by atoms with Crippen molar-refractivity contribution >= 4 is 22.6 Å². The van der Waals surface area contributed by atoms with E-state index in [9.17, 15) is 18.3 Å². The summed E-state index contributed by atoms with van der Waals surface area (Å²) in [4.78, 5) is 9.87. The SMILES string of the molecule is Cc1nc(-c2ccncc2)c(C2=CC(NC(O)Nc3ccc(C(F)(F)F)cc3)=CC(C)C2)s1. The van der Waals surface area contributed by atoms with Crippen LogP contribution < -0.4 is 10.6 Å². The Labute approximate surface area is 193 Å². The molecule has 9 heteroatoms. The predicted molar refractivity (Wildman–Crippen MR) is 124 cm³/mol. The Bertz CT molecular complexity index is 1170. The van der Waals surface area contributed by atoms with E-state index < -0.39 is 18.1 Å². The number of aryl methyl sites for hydroxylation is 1. The topological polar surface area (TPSA) is 70.1 Å². The molecule has 0 bridgehead atoms. The molecular weight excluding hydrogens is 449 g/mol. The molecule has 0 amide bonds. The number of pyridine rings is 1. The number of thiazole rings is 1. The van der Waals surface area contributed by atoms with Gasteiger partial charge < -0.3 is 15.7 Å². The van der Waals surface area contributed by atoms with Crippen LogP contribution in [0.3, 0.4) is 0 Å². The summed E-state index contributed by atoms with van der Waals surface area (Å²) < 4.78 is 38.2. The van der Waals surface area contributed by atoms with Crippen LogP contribution in [0.25, 0.3) is 16.8 Å². The number of benzene rings is 1. The van der Waals surface area contributed by atoms with Crippen molar-refractivity contribution < 1.29 is 18.3 Å². The smallest absolute Gasteiger partial charge is 0.357 e. The maximum atomic E-state index is 12.7. The molecule has 2 atom stereocenters. The van der Waals surface area contributed by atoms with Crippen LogP contribution in [-0.2, 0) is 6.18 Å². The van der Waals surface area contributed by atoms with Crippen LogP contribution in [0.15, 0.2) is 66.6 Å². The van der Waals surface area contributed by atoms with Crippen molar-refractivity contribution in [3.05, 3.63) is 82.1 Å². The van der Waals surface area contributed by atoms with Crippen LogP contribution in [0.5, 0.6) is 0 Å².